The maximum absolute atomic E-state index is 14.7. The summed E-state index contributed by atoms with van der Waals surface area (Å²) in [7, 11) is 0. The van der Waals surface area contributed by atoms with Gasteiger partial charge in [-0.1, -0.05) is 31.2 Å². The van der Waals surface area contributed by atoms with Crippen molar-refractivity contribution in [1.82, 2.24) is 10.4 Å². The molecule has 1 atom stereocenters. The van der Waals surface area contributed by atoms with Crippen molar-refractivity contribution in [2.24, 2.45) is 5.41 Å². The smallest absolute Gasteiger partial charge is 0.274 e. The van der Waals surface area contributed by atoms with Gasteiger partial charge in [-0.15, -0.1) is 0 Å². The van der Waals surface area contributed by atoms with Gasteiger partial charge in [-0.25, -0.2) is 9.87 Å². The van der Waals surface area contributed by atoms with E-state index in [1.165, 1.54) is 12.1 Å². The first-order chi connectivity index (χ1) is 14.9. The molecule has 31 heavy (non-hydrogen) atoms. The van der Waals surface area contributed by atoms with Crippen LogP contribution in [0.4, 0.5) is 4.39 Å². The monoisotopic (exact) mass is 428 g/mol. The highest BCUT2D eigenvalue weighted by molar-refractivity contribution is 5.94. The van der Waals surface area contributed by atoms with Gasteiger partial charge in [-0.3, -0.25) is 14.8 Å². The topological polar surface area (TPSA) is 88.1 Å². The van der Waals surface area contributed by atoms with Gasteiger partial charge < -0.3 is 14.4 Å². The number of carbonyl (C=O) groups is 2. The number of amides is 2. The molecule has 0 unspecified atom stereocenters. The van der Waals surface area contributed by atoms with Crippen LogP contribution in [-0.2, 0) is 16.1 Å². The number of fused-ring (bicyclic) bond motifs is 1. The maximum atomic E-state index is 14.7. The minimum Gasteiger partial charge on any atom is -0.491 e. The molecule has 2 aromatic rings. The van der Waals surface area contributed by atoms with E-state index in [0.717, 1.165) is 0 Å². The standard InChI is InChI=1S/C23H25FN2O5/c1-23(8-10-30-11-9-23)22(28)26-13-16-7-6-15(21(27)25-29)12-20(16)31-14-19(26)17-4-2-3-5-18(17)24/h2-7,12,19,29H,8-11,13-14H2,1H3,(H,25,27)/t19-/m1/s1. The Morgan fingerprint density at radius 3 is 2.65 bits per heavy atom. The molecule has 0 bridgehead atoms. The van der Waals surface area contributed by atoms with Gasteiger partial charge >= 0.3 is 0 Å². The summed E-state index contributed by atoms with van der Waals surface area (Å²) in [4.78, 5) is 27.2. The number of nitrogens with zero attached hydrogens (tertiary/aromatic N) is 1. The molecule has 2 aromatic carbocycles. The lowest BCUT2D eigenvalue weighted by molar-refractivity contribution is -0.150. The molecule has 2 aliphatic rings. The summed E-state index contributed by atoms with van der Waals surface area (Å²) in [5.74, 6) is -0.714. The van der Waals surface area contributed by atoms with Crippen molar-refractivity contribution in [2.75, 3.05) is 19.8 Å². The molecular formula is C23H25FN2O5. The lowest BCUT2D eigenvalue weighted by atomic mass is 9.80. The molecule has 2 N–H and O–H groups in total. The number of hydrogen-bond acceptors (Lipinski definition) is 5. The Balaban J connectivity index is 1.74. The molecule has 0 radical (unpaired) electrons. The van der Waals surface area contributed by atoms with Crippen LogP contribution in [0.2, 0.25) is 0 Å². The molecule has 2 heterocycles. The minimum atomic E-state index is -0.663. The number of hydrogen-bond donors (Lipinski definition) is 2. The molecule has 1 saturated heterocycles. The van der Waals surface area contributed by atoms with Crippen molar-refractivity contribution in [3.8, 4) is 5.75 Å². The first-order valence-corrected chi connectivity index (χ1v) is 10.3. The summed E-state index contributed by atoms with van der Waals surface area (Å²) in [5, 5.41) is 8.91. The molecule has 0 aliphatic carbocycles. The number of benzene rings is 2. The van der Waals surface area contributed by atoms with Crippen LogP contribution in [-0.4, -0.2) is 41.7 Å². The molecule has 0 aromatic heterocycles. The highest BCUT2D eigenvalue weighted by atomic mass is 19.1. The Kier molecular flexibility index (Phi) is 5.93. The van der Waals surface area contributed by atoms with E-state index < -0.39 is 23.2 Å². The summed E-state index contributed by atoms with van der Waals surface area (Å²) in [5.41, 5.74) is 2.30. The predicted molar refractivity (Wildman–Crippen MR) is 109 cm³/mol. The van der Waals surface area contributed by atoms with Crippen LogP contribution in [0.15, 0.2) is 42.5 Å². The first-order valence-electron chi connectivity index (χ1n) is 10.3. The van der Waals surface area contributed by atoms with E-state index >= 15 is 0 Å². The summed E-state index contributed by atoms with van der Waals surface area (Å²) in [6.07, 6.45) is 1.19. The highest BCUT2D eigenvalue weighted by Crippen LogP contribution is 2.39. The summed E-state index contributed by atoms with van der Waals surface area (Å²) < 4.78 is 26.1. The third-order valence-corrected chi connectivity index (χ3v) is 6.18. The summed E-state index contributed by atoms with van der Waals surface area (Å²) >= 11 is 0. The molecule has 4 rings (SSSR count). The van der Waals surface area contributed by atoms with Gasteiger partial charge in [-0.05, 0) is 31.0 Å². The lowest BCUT2D eigenvalue weighted by Crippen LogP contribution is -2.47. The van der Waals surface area contributed by atoms with E-state index in [-0.39, 0.29) is 24.6 Å². The number of rotatable bonds is 3. The van der Waals surface area contributed by atoms with Gasteiger partial charge in [0.15, 0.2) is 0 Å². The minimum absolute atomic E-state index is 0.0381. The second kappa shape index (κ2) is 8.64. The third-order valence-electron chi connectivity index (χ3n) is 6.18. The average molecular weight is 428 g/mol. The van der Waals surface area contributed by atoms with Crippen molar-refractivity contribution in [1.29, 1.82) is 0 Å². The second-order valence-electron chi connectivity index (χ2n) is 8.22. The van der Waals surface area contributed by atoms with Crippen molar-refractivity contribution in [3.05, 3.63) is 65.0 Å². The Morgan fingerprint density at radius 1 is 1.19 bits per heavy atom. The van der Waals surface area contributed by atoms with Crippen LogP contribution >= 0.6 is 0 Å². The molecular weight excluding hydrogens is 403 g/mol. The van der Waals surface area contributed by atoms with E-state index in [2.05, 4.69) is 0 Å². The quantitative estimate of drug-likeness (QED) is 0.579. The largest absolute Gasteiger partial charge is 0.491 e. The van der Waals surface area contributed by atoms with Crippen LogP contribution in [0.3, 0.4) is 0 Å². The van der Waals surface area contributed by atoms with Gasteiger partial charge in [-0.2, -0.15) is 0 Å². The number of nitrogens with one attached hydrogen (secondary N) is 1. The predicted octanol–water partition coefficient (Wildman–Crippen LogP) is 3.22. The van der Waals surface area contributed by atoms with E-state index in [1.54, 1.807) is 40.7 Å². The molecule has 7 nitrogen and oxygen atoms in total. The molecule has 1 fully saturated rings. The SMILES string of the molecule is CC1(C(=O)N2Cc3ccc(C(=O)NO)cc3OC[C@@H]2c2ccccc2F)CCOCC1. The fraction of sp³-hybridized carbons (Fsp3) is 0.391. The van der Waals surface area contributed by atoms with Gasteiger partial charge in [0.25, 0.3) is 5.91 Å². The van der Waals surface area contributed by atoms with Gasteiger partial charge in [0.05, 0.1) is 18.0 Å². The van der Waals surface area contributed by atoms with Gasteiger partial charge in [0.1, 0.15) is 18.2 Å². The lowest BCUT2D eigenvalue weighted by Gasteiger charge is -2.39. The highest BCUT2D eigenvalue weighted by Gasteiger charge is 2.42. The van der Waals surface area contributed by atoms with E-state index in [1.807, 2.05) is 6.92 Å². The molecule has 0 spiro atoms. The van der Waals surface area contributed by atoms with Crippen molar-refractivity contribution < 1.29 is 28.7 Å². The third kappa shape index (κ3) is 4.13. The molecule has 0 saturated carbocycles. The first kappa shape index (κ1) is 21.3. The second-order valence-corrected chi connectivity index (χ2v) is 8.22. The van der Waals surface area contributed by atoms with Gasteiger partial charge in [0, 0.05) is 29.9 Å². The normalized spacial score (nSPS) is 20.2. The van der Waals surface area contributed by atoms with Gasteiger partial charge in [0.2, 0.25) is 5.91 Å². The number of hydroxylamine groups is 1. The fourth-order valence-electron chi connectivity index (χ4n) is 4.18. The van der Waals surface area contributed by atoms with E-state index in [0.29, 0.717) is 42.9 Å². The molecule has 164 valence electrons. The van der Waals surface area contributed by atoms with Crippen molar-refractivity contribution >= 4 is 11.8 Å². The van der Waals surface area contributed by atoms with Crippen molar-refractivity contribution in [2.45, 2.75) is 32.4 Å². The summed E-state index contributed by atoms with van der Waals surface area (Å²) in [6.45, 7) is 3.19. The average Bonchev–Trinajstić information content (AvgIpc) is 2.98. The number of ether oxygens (including phenoxy) is 2. The Labute approximate surface area is 179 Å². The number of halogens is 1. The Morgan fingerprint density at radius 2 is 1.94 bits per heavy atom. The molecule has 8 heteroatoms. The summed E-state index contributed by atoms with van der Waals surface area (Å²) in [6, 6.07) is 10.5. The van der Waals surface area contributed by atoms with Crippen LogP contribution in [0.5, 0.6) is 5.75 Å². The Bertz CT molecular complexity index is 990. The Hall–Kier alpha value is -2.97. The molecule has 2 amide bonds. The van der Waals surface area contributed by atoms with Crippen LogP contribution in [0.1, 0.15) is 47.3 Å². The van der Waals surface area contributed by atoms with E-state index in [9.17, 15) is 14.0 Å². The fourth-order valence-corrected chi connectivity index (χ4v) is 4.18. The number of carbonyl (C=O) groups excluding carboxylic acids is 2. The maximum Gasteiger partial charge on any atom is 0.274 e. The zero-order valence-electron chi connectivity index (χ0n) is 17.3. The van der Waals surface area contributed by atoms with Crippen molar-refractivity contribution in [3.63, 3.8) is 0 Å². The zero-order chi connectivity index (χ0) is 22.0. The van der Waals surface area contributed by atoms with E-state index in [4.69, 9.17) is 14.7 Å². The van der Waals surface area contributed by atoms with Crippen LogP contribution < -0.4 is 10.2 Å². The van der Waals surface area contributed by atoms with Crippen LogP contribution in [0, 0.1) is 11.2 Å². The van der Waals surface area contributed by atoms with Crippen LogP contribution in [0.25, 0.3) is 0 Å². The molecule has 2 aliphatic heterocycles. The zero-order valence-corrected chi connectivity index (χ0v) is 17.3.